The molecule has 0 saturated carbocycles. The highest BCUT2D eigenvalue weighted by Gasteiger charge is 2.52. The molecule has 2 fully saturated rings. The molecule has 1 aliphatic carbocycles. The zero-order chi connectivity index (χ0) is 13.5. The zero-order valence-corrected chi connectivity index (χ0v) is 12.3. The van der Waals surface area contributed by atoms with E-state index in [9.17, 15) is 0 Å². The van der Waals surface area contributed by atoms with Crippen LogP contribution in [0.4, 0.5) is 0 Å². The summed E-state index contributed by atoms with van der Waals surface area (Å²) in [4.78, 5) is 11.5. The molecular weight excluding hydrogens is 242 g/mol. The van der Waals surface area contributed by atoms with Crippen molar-refractivity contribution in [3.8, 4) is 0 Å². The molecule has 4 nitrogen and oxygen atoms in total. The van der Waals surface area contributed by atoms with Crippen LogP contribution in [0.2, 0.25) is 0 Å². The van der Waals surface area contributed by atoms with Crippen molar-refractivity contribution in [1.29, 1.82) is 0 Å². The van der Waals surface area contributed by atoms with Gasteiger partial charge in [0.1, 0.15) is 11.7 Å². The molecule has 0 amide bonds. The Balaban J connectivity index is 1.81. The van der Waals surface area contributed by atoms with Crippen LogP contribution in [0.1, 0.15) is 46.5 Å². The highest BCUT2D eigenvalue weighted by Crippen LogP contribution is 2.43. The first-order valence-corrected chi connectivity index (χ1v) is 7.60. The SMILES string of the molecule is CC(C)C1=C[C@H]2OC3(CC[NH2+]CC3)OO[C@@]2(C)CC1. The number of allylic oxidation sites excluding steroid dienone is 1. The van der Waals surface area contributed by atoms with Crippen LogP contribution in [0.5, 0.6) is 0 Å². The van der Waals surface area contributed by atoms with Crippen molar-refractivity contribution in [1.82, 2.24) is 0 Å². The lowest BCUT2D eigenvalue weighted by molar-refractivity contribution is -0.684. The number of piperidine rings is 1. The van der Waals surface area contributed by atoms with Gasteiger partial charge in [-0.25, -0.2) is 4.89 Å². The van der Waals surface area contributed by atoms with Gasteiger partial charge in [0.15, 0.2) is 0 Å². The van der Waals surface area contributed by atoms with E-state index in [0.29, 0.717) is 5.92 Å². The third-order valence-electron chi connectivity index (χ3n) is 4.80. The second-order valence-electron chi connectivity index (χ2n) is 6.69. The van der Waals surface area contributed by atoms with Crippen LogP contribution in [0.3, 0.4) is 0 Å². The summed E-state index contributed by atoms with van der Waals surface area (Å²) in [7, 11) is 0. The van der Waals surface area contributed by atoms with Crippen molar-refractivity contribution in [3.05, 3.63) is 11.6 Å². The Hall–Kier alpha value is -0.420. The first kappa shape index (κ1) is 13.6. The average molecular weight is 268 g/mol. The van der Waals surface area contributed by atoms with Crippen LogP contribution < -0.4 is 5.32 Å². The molecule has 0 radical (unpaired) electrons. The highest BCUT2D eigenvalue weighted by molar-refractivity contribution is 5.18. The molecule has 0 aromatic heterocycles. The zero-order valence-electron chi connectivity index (χ0n) is 12.3. The Morgan fingerprint density at radius 2 is 1.95 bits per heavy atom. The number of ether oxygens (including phenoxy) is 1. The molecule has 3 aliphatic rings. The summed E-state index contributed by atoms with van der Waals surface area (Å²) in [5, 5.41) is 2.31. The number of nitrogens with two attached hydrogens (primary N) is 1. The van der Waals surface area contributed by atoms with Gasteiger partial charge in [0.25, 0.3) is 0 Å². The van der Waals surface area contributed by atoms with Gasteiger partial charge in [0.05, 0.1) is 25.9 Å². The fourth-order valence-electron chi connectivity index (χ4n) is 3.25. The summed E-state index contributed by atoms with van der Waals surface area (Å²) < 4.78 is 6.36. The van der Waals surface area contributed by atoms with Gasteiger partial charge < -0.3 is 10.1 Å². The largest absolute Gasteiger partial charge is 0.346 e. The number of rotatable bonds is 1. The quantitative estimate of drug-likeness (QED) is 0.579. The molecule has 0 unspecified atom stereocenters. The molecule has 19 heavy (non-hydrogen) atoms. The van der Waals surface area contributed by atoms with E-state index in [2.05, 4.69) is 32.2 Å². The van der Waals surface area contributed by atoms with Crippen molar-refractivity contribution in [2.45, 2.75) is 63.9 Å². The van der Waals surface area contributed by atoms with E-state index >= 15 is 0 Å². The van der Waals surface area contributed by atoms with Gasteiger partial charge in [-0.2, -0.15) is 4.89 Å². The summed E-state index contributed by atoms with van der Waals surface area (Å²) in [5.74, 6) is 0.0844. The highest BCUT2D eigenvalue weighted by atomic mass is 17.2. The fourth-order valence-corrected chi connectivity index (χ4v) is 3.25. The van der Waals surface area contributed by atoms with E-state index < -0.39 is 5.79 Å². The van der Waals surface area contributed by atoms with Crippen LogP contribution in [0.15, 0.2) is 11.6 Å². The summed E-state index contributed by atoms with van der Waals surface area (Å²) >= 11 is 0. The van der Waals surface area contributed by atoms with Gasteiger partial charge in [0, 0.05) is 0 Å². The monoisotopic (exact) mass is 268 g/mol. The third-order valence-corrected chi connectivity index (χ3v) is 4.80. The Morgan fingerprint density at radius 3 is 2.63 bits per heavy atom. The lowest BCUT2D eigenvalue weighted by Crippen LogP contribution is -2.88. The first-order chi connectivity index (χ1) is 9.03. The minimum absolute atomic E-state index is 0.0329. The maximum absolute atomic E-state index is 6.36. The summed E-state index contributed by atoms with van der Waals surface area (Å²) in [6.45, 7) is 8.70. The van der Waals surface area contributed by atoms with Gasteiger partial charge in [0.2, 0.25) is 5.79 Å². The molecule has 0 bridgehead atoms. The fraction of sp³-hybridized carbons (Fsp3) is 0.867. The topological polar surface area (TPSA) is 44.3 Å². The molecule has 2 atom stereocenters. The molecule has 4 heteroatoms. The molecular formula is C15H26NO3+. The molecule has 1 spiro atoms. The Bertz CT molecular complexity index is 374. The van der Waals surface area contributed by atoms with Crippen LogP contribution in [0, 0.1) is 5.92 Å². The summed E-state index contributed by atoms with van der Waals surface area (Å²) in [6, 6.07) is 0. The Morgan fingerprint density at radius 1 is 1.21 bits per heavy atom. The van der Waals surface area contributed by atoms with Crippen molar-refractivity contribution < 1.29 is 19.8 Å². The van der Waals surface area contributed by atoms with E-state index in [1.807, 2.05) is 0 Å². The summed E-state index contributed by atoms with van der Waals surface area (Å²) in [6.07, 6.45) is 6.19. The van der Waals surface area contributed by atoms with Crippen LogP contribution in [-0.2, 0) is 14.5 Å². The number of hydrogen-bond acceptors (Lipinski definition) is 3. The van der Waals surface area contributed by atoms with E-state index in [1.165, 1.54) is 5.57 Å². The lowest BCUT2D eigenvalue weighted by Gasteiger charge is -2.50. The minimum Gasteiger partial charge on any atom is -0.346 e. The lowest BCUT2D eigenvalue weighted by atomic mass is 9.80. The maximum Gasteiger partial charge on any atom is 0.213 e. The Labute approximate surface area is 115 Å². The van der Waals surface area contributed by atoms with Crippen LogP contribution in [-0.4, -0.2) is 30.6 Å². The smallest absolute Gasteiger partial charge is 0.213 e. The molecule has 2 N–H and O–H groups in total. The second-order valence-corrected chi connectivity index (χ2v) is 6.69. The maximum atomic E-state index is 6.36. The van der Waals surface area contributed by atoms with Gasteiger partial charge in [-0.1, -0.05) is 25.5 Å². The van der Waals surface area contributed by atoms with Crippen molar-refractivity contribution >= 4 is 0 Å². The van der Waals surface area contributed by atoms with Gasteiger partial charge >= 0.3 is 0 Å². The number of fused-ring (bicyclic) bond motifs is 1. The van der Waals surface area contributed by atoms with Crippen molar-refractivity contribution in [2.24, 2.45) is 5.92 Å². The van der Waals surface area contributed by atoms with Crippen LogP contribution >= 0.6 is 0 Å². The summed E-state index contributed by atoms with van der Waals surface area (Å²) in [5.41, 5.74) is 1.18. The molecule has 0 aromatic rings. The molecule has 2 saturated heterocycles. The predicted molar refractivity (Wildman–Crippen MR) is 71.2 cm³/mol. The normalized spacial score (nSPS) is 38.1. The van der Waals surface area contributed by atoms with Crippen molar-refractivity contribution in [2.75, 3.05) is 13.1 Å². The van der Waals surface area contributed by atoms with E-state index in [0.717, 1.165) is 38.8 Å². The van der Waals surface area contributed by atoms with Gasteiger partial charge in [-0.15, -0.1) is 0 Å². The molecule has 2 aliphatic heterocycles. The van der Waals surface area contributed by atoms with Crippen molar-refractivity contribution in [3.63, 3.8) is 0 Å². The molecule has 3 rings (SSSR count). The molecule has 0 aromatic carbocycles. The first-order valence-electron chi connectivity index (χ1n) is 7.60. The number of hydrogen-bond donors (Lipinski definition) is 1. The van der Waals surface area contributed by atoms with Gasteiger partial charge in [-0.05, 0) is 25.7 Å². The average Bonchev–Trinajstić information content (AvgIpc) is 2.40. The standard InChI is InChI=1S/C15H25NO3/c1-11(2)12-4-5-14(3)13(10-12)17-15(19-18-14)6-8-16-9-7-15/h10-11,13,16H,4-9H2,1-3H3/p+1/t13-,14+/m1/s1. The minimum atomic E-state index is -0.505. The van der Waals surface area contributed by atoms with E-state index in [-0.39, 0.29) is 11.7 Å². The Kier molecular flexibility index (Phi) is 3.46. The number of quaternary nitrogens is 1. The van der Waals surface area contributed by atoms with E-state index in [1.54, 1.807) is 0 Å². The van der Waals surface area contributed by atoms with Gasteiger partial charge in [-0.3, -0.25) is 0 Å². The molecule has 108 valence electrons. The predicted octanol–water partition coefficient (Wildman–Crippen LogP) is 1.52. The van der Waals surface area contributed by atoms with Crippen LogP contribution in [0.25, 0.3) is 0 Å². The van der Waals surface area contributed by atoms with E-state index in [4.69, 9.17) is 14.5 Å². The second kappa shape index (κ2) is 4.85. The third kappa shape index (κ3) is 2.47. The molecule has 2 heterocycles.